The molecule has 1 aromatic carbocycles. The molecular formula is C13H17FN2O5. The lowest BCUT2D eigenvalue weighted by atomic mass is 10.1. The molecule has 1 aromatic rings. The van der Waals surface area contributed by atoms with E-state index in [1.165, 1.54) is 0 Å². The number of nitrogens with one attached hydrogen (secondary N) is 1. The van der Waals surface area contributed by atoms with Crippen molar-refractivity contribution in [1.29, 1.82) is 0 Å². The molecule has 1 rings (SSSR count). The summed E-state index contributed by atoms with van der Waals surface area (Å²) in [6.45, 7) is 3.19. The second-order valence-electron chi connectivity index (χ2n) is 4.30. The van der Waals surface area contributed by atoms with Gasteiger partial charge in [0.25, 0.3) is 5.69 Å². The minimum atomic E-state index is -1.48. The van der Waals surface area contributed by atoms with E-state index in [9.17, 15) is 19.3 Å². The molecule has 0 aliphatic heterocycles. The van der Waals surface area contributed by atoms with Gasteiger partial charge in [-0.2, -0.15) is 0 Å². The number of rotatable bonds is 9. The Morgan fingerprint density at radius 3 is 2.76 bits per heavy atom. The molecule has 0 radical (unpaired) electrons. The molecule has 0 saturated carbocycles. The monoisotopic (exact) mass is 300 g/mol. The van der Waals surface area contributed by atoms with E-state index < -0.39 is 28.0 Å². The molecule has 0 saturated heterocycles. The average Bonchev–Trinajstić information content (AvgIpc) is 2.43. The number of carboxylic acid groups (broad SMARTS) is 1. The van der Waals surface area contributed by atoms with Crippen LogP contribution in [0, 0.1) is 15.9 Å². The van der Waals surface area contributed by atoms with Gasteiger partial charge in [-0.25, -0.2) is 9.18 Å². The summed E-state index contributed by atoms with van der Waals surface area (Å²) in [5.41, 5.74) is -1.17. The maximum Gasteiger partial charge on any atom is 0.338 e. The lowest BCUT2D eigenvalue weighted by Gasteiger charge is -2.09. The number of hydrogen-bond acceptors (Lipinski definition) is 5. The van der Waals surface area contributed by atoms with Crippen LogP contribution in [0.3, 0.4) is 0 Å². The number of halogens is 1. The van der Waals surface area contributed by atoms with Gasteiger partial charge in [-0.3, -0.25) is 10.1 Å². The Labute approximate surface area is 120 Å². The van der Waals surface area contributed by atoms with Crippen molar-refractivity contribution in [3.05, 3.63) is 33.6 Å². The van der Waals surface area contributed by atoms with Gasteiger partial charge >= 0.3 is 5.97 Å². The maximum absolute atomic E-state index is 13.4. The number of nitrogens with zero attached hydrogens (tertiary/aromatic N) is 1. The Bertz CT molecular complexity index is 522. The normalized spacial score (nSPS) is 10.4. The Morgan fingerprint density at radius 2 is 2.19 bits per heavy atom. The van der Waals surface area contributed by atoms with E-state index in [-0.39, 0.29) is 12.2 Å². The Kier molecular flexibility index (Phi) is 6.54. The third-order valence-electron chi connectivity index (χ3n) is 2.72. The third-order valence-corrected chi connectivity index (χ3v) is 2.72. The number of carboxylic acids is 1. The molecule has 0 amide bonds. The highest BCUT2D eigenvalue weighted by Crippen LogP contribution is 2.27. The molecule has 0 spiro atoms. The van der Waals surface area contributed by atoms with Crippen LogP contribution in [0.25, 0.3) is 0 Å². The van der Waals surface area contributed by atoms with Crippen LogP contribution < -0.4 is 5.32 Å². The molecule has 2 N–H and O–H groups in total. The summed E-state index contributed by atoms with van der Waals surface area (Å²) >= 11 is 0. The van der Waals surface area contributed by atoms with Gasteiger partial charge in [0.2, 0.25) is 0 Å². The lowest BCUT2D eigenvalue weighted by molar-refractivity contribution is -0.384. The van der Waals surface area contributed by atoms with Crippen LogP contribution in [0.4, 0.5) is 15.8 Å². The standard InChI is InChI=1S/C13H17FN2O5/c1-2-3-5-21-6-4-15-11-7-9(13(17)18)10(14)8-12(11)16(19)20/h7-8,15H,2-6H2,1H3,(H,17,18). The van der Waals surface area contributed by atoms with Crippen LogP contribution in [0.2, 0.25) is 0 Å². The molecule has 8 heteroatoms. The third kappa shape index (κ3) is 4.99. The fraction of sp³-hybridized carbons (Fsp3) is 0.462. The first kappa shape index (κ1) is 16.8. The van der Waals surface area contributed by atoms with Crippen molar-refractivity contribution in [3.8, 4) is 0 Å². The smallest absolute Gasteiger partial charge is 0.338 e. The largest absolute Gasteiger partial charge is 0.478 e. The first-order valence-corrected chi connectivity index (χ1v) is 6.50. The summed E-state index contributed by atoms with van der Waals surface area (Å²) in [5, 5.41) is 22.4. The molecule has 0 aliphatic carbocycles. The van der Waals surface area contributed by atoms with E-state index in [1.54, 1.807) is 0 Å². The van der Waals surface area contributed by atoms with E-state index in [4.69, 9.17) is 9.84 Å². The molecule has 0 bridgehead atoms. The number of anilines is 1. The van der Waals surface area contributed by atoms with Crippen molar-refractivity contribution in [3.63, 3.8) is 0 Å². The molecule has 21 heavy (non-hydrogen) atoms. The summed E-state index contributed by atoms with van der Waals surface area (Å²) < 4.78 is 18.7. The highest BCUT2D eigenvalue weighted by molar-refractivity contribution is 5.90. The summed E-state index contributed by atoms with van der Waals surface area (Å²) in [7, 11) is 0. The van der Waals surface area contributed by atoms with Gasteiger partial charge in [-0.15, -0.1) is 0 Å². The Hall–Kier alpha value is -2.22. The predicted molar refractivity (Wildman–Crippen MR) is 74.2 cm³/mol. The van der Waals surface area contributed by atoms with Gasteiger partial charge in [0.1, 0.15) is 11.5 Å². The highest BCUT2D eigenvalue weighted by atomic mass is 19.1. The average molecular weight is 300 g/mol. The van der Waals surface area contributed by atoms with E-state index >= 15 is 0 Å². The number of carbonyl (C=O) groups is 1. The van der Waals surface area contributed by atoms with Crippen molar-refractivity contribution in [2.45, 2.75) is 19.8 Å². The second-order valence-corrected chi connectivity index (χ2v) is 4.30. The van der Waals surface area contributed by atoms with Crippen LogP contribution in [0.1, 0.15) is 30.1 Å². The van der Waals surface area contributed by atoms with Crippen LogP contribution >= 0.6 is 0 Å². The van der Waals surface area contributed by atoms with E-state index in [0.717, 1.165) is 18.9 Å². The quantitative estimate of drug-likeness (QED) is 0.413. The zero-order valence-corrected chi connectivity index (χ0v) is 11.6. The summed E-state index contributed by atoms with van der Waals surface area (Å²) in [6, 6.07) is 1.52. The maximum atomic E-state index is 13.4. The molecule has 0 atom stereocenters. The minimum Gasteiger partial charge on any atom is -0.478 e. The number of nitro groups is 1. The molecule has 0 aromatic heterocycles. The van der Waals surface area contributed by atoms with Gasteiger partial charge in [-0.05, 0) is 12.5 Å². The SMILES string of the molecule is CCCCOCCNc1cc(C(=O)O)c(F)cc1[N+](=O)[O-]. The highest BCUT2D eigenvalue weighted by Gasteiger charge is 2.21. The number of nitro benzene ring substituents is 1. The van der Waals surface area contributed by atoms with E-state index in [0.29, 0.717) is 19.3 Å². The minimum absolute atomic E-state index is 0.0436. The summed E-state index contributed by atoms with van der Waals surface area (Å²) in [6.07, 6.45) is 1.92. The van der Waals surface area contributed by atoms with Gasteiger partial charge in [-0.1, -0.05) is 13.3 Å². The predicted octanol–water partition coefficient (Wildman–Crippen LogP) is 2.66. The second kappa shape index (κ2) is 8.15. The van der Waals surface area contributed by atoms with Gasteiger partial charge < -0.3 is 15.2 Å². The van der Waals surface area contributed by atoms with Crippen molar-refractivity contribution in [2.75, 3.05) is 25.1 Å². The summed E-state index contributed by atoms with van der Waals surface area (Å²) in [5.74, 6) is -2.62. The molecule has 116 valence electrons. The van der Waals surface area contributed by atoms with Crippen LogP contribution in [0.15, 0.2) is 12.1 Å². The lowest BCUT2D eigenvalue weighted by Crippen LogP contribution is -2.12. The number of unbranched alkanes of at least 4 members (excludes halogenated alkanes) is 1. The van der Waals surface area contributed by atoms with E-state index in [1.807, 2.05) is 6.92 Å². The topological polar surface area (TPSA) is 102 Å². The molecular weight excluding hydrogens is 283 g/mol. The number of ether oxygens (including phenoxy) is 1. The fourth-order valence-corrected chi connectivity index (χ4v) is 1.63. The Balaban J connectivity index is 2.76. The zero-order chi connectivity index (χ0) is 15.8. The first-order valence-electron chi connectivity index (χ1n) is 6.50. The first-order chi connectivity index (χ1) is 9.97. The molecule has 0 aliphatic rings. The van der Waals surface area contributed by atoms with Gasteiger partial charge in [0.15, 0.2) is 0 Å². The molecule has 7 nitrogen and oxygen atoms in total. The van der Waals surface area contributed by atoms with Crippen molar-refractivity contribution in [2.24, 2.45) is 0 Å². The van der Waals surface area contributed by atoms with Crippen LogP contribution in [0.5, 0.6) is 0 Å². The van der Waals surface area contributed by atoms with Crippen molar-refractivity contribution >= 4 is 17.3 Å². The fourth-order valence-electron chi connectivity index (χ4n) is 1.63. The molecule has 0 heterocycles. The van der Waals surface area contributed by atoms with Crippen LogP contribution in [-0.4, -0.2) is 35.8 Å². The number of hydrogen-bond donors (Lipinski definition) is 2. The number of benzene rings is 1. The molecule has 0 unspecified atom stereocenters. The van der Waals surface area contributed by atoms with Crippen LogP contribution in [-0.2, 0) is 4.74 Å². The van der Waals surface area contributed by atoms with Gasteiger partial charge in [0.05, 0.1) is 23.2 Å². The van der Waals surface area contributed by atoms with Gasteiger partial charge in [0, 0.05) is 13.2 Å². The zero-order valence-electron chi connectivity index (χ0n) is 11.6. The van der Waals surface area contributed by atoms with Crippen molar-refractivity contribution in [1.82, 2.24) is 0 Å². The van der Waals surface area contributed by atoms with E-state index in [2.05, 4.69) is 5.32 Å². The molecule has 0 fully saturated rings. The Morgan fingerprint density at radius 1 is 1.48 bits per heavy atom. The number of aromatic carboxylic acids is 1. The van der Waals surface area contributed by atoms with Crippen molar-refractivity contribution < 1.29 is 24.0 Å². The summed E-state index contributed by atoms with van der Waals surface area (Å²) in [4.78, 5) is 20.9.